The van der Waals surface area contributed by atoms with Gasteiger partial charge in [0.1, 0.15) is 11.6 Å². The molecular weight excluding hydrogens is 496 g/mol. The summed E-state index contributed by atoms with van der Waals surface area (Å²) < 4.78 is 56.2. The van der Waals surface area contributed by atoms with Gasteiger partial charge in [0.2, 0.25) is 15.9 Å². The number of piperazine rings is 1. The molecule has 3 aromatic rings. The van der Waals surface area contributed by atoms with E-state index in [-0.39, 0.29) is 22.8 Å². The van der Waals surface area contributed by atoms with E-state index in [0.29, 0.717) is 36.9 Å². The number of anilines is 1. The molecule has 35 heavy (non-hydrogen) atoms. The summed E-state index contributed by atoms with van der Waals surface area (Å²) in [6.07, 6.45) is 0. The maximum atomic E-state index is 14.4. The summed E-state index contributed by atoms with van der Waals surface area (Å²) in [5, 5.41) is 0.369. The monoisotopic (exact) mass is 519 g/mol. The Hall–Kier alpha value is -3.01. The molecule has 1 amide bonds. The van der Waals surface area contributed by atoms with Crippen LogP contribution in [0.15, 0.2) is 77.7 Å². The molecule has 3 aromatic carbocycles. The number of carbonyl (C=O) groups is 1. The molecule has 184 valence electrons. The predicted molar refractivity (Wildman–Crippen MR) is 131 cm³/mol. The topological polar surface area (TPSA) is 60.9 Å². The van der Waals surface area contributed by atoms with Gasteiger partial charge in [-0.3, -0.25) is 4.79 Å². The maximum Gasteiger partial charge on any atom is 0.243 e. The summed E-state index contributed by atoms with van der Waals surface area (Å²) in [6, 6.07) is 17.9. The molecule has 0 bridgehead atoms. The fourth-order valence-electron chi connectivity index (χ4n) is 3.95. The average Bonchev–Trinajstić information content (AvgIpc) is 2.85. The molecule has 0 N–H and O–H groups in total. The molecule has 10 heteroatoms. The van der Waals surface area contributed by atoms with Gasteiger partial charge in [-0.05, 0) is 42.5 Å². The highest BCUT2D eigenvalue weighted by Gasteiger charge is 2.31. The first-order chi connectivity index (χ1) is 16.8. The Labute approximate surface area is 208 Å². The Morgan fingerprint density at radius 3 is 2.09 bits per heavy atom. The lowest BCUT2D eigenvalue weighted by atomic mass is 10.2. The van der Waals surface area contributed by atoms with Gasteiger partial charge in [-0.1, -0.05) is 41.9 Å². The van der Waals surface area contributed by atoms with E-state index in [2.05, 4.69) is 0 Å². The Morgan fingerprint density at radius 2 is 1.46 bits per heavy atom. The number of hydrogen-bond donors (Lipinski definition) is 0. The van der Waals surface area contributed by atoms with Crippen LogP contribution in [0.5, 0.6) is 0 Å². The smallest absolute Gasteiger partial charge is 0.243 e. The minimum absolute atomic E-state index is 0.0459. The molecular formula is C25H24ClF2N3O3S. The molecule has 4 rings (SSSR count). The highest BCUT2D eigenvalue weighted by molar-refractivity contribution is 7.89. The summed E-state index contributed by atoms with van der Waals surface area (Å²) in [5.74, 6) is -1.31. The number of halogens is 3. The molecule has 0 unspecified atom stereocenters. The van der Waals surface area contributed by atoms with Gasteiger partial charge in [-0.25, -0.2) is 17.2 Å². The Kier molecular flexibility index (Phi) is 7.69. The first-order valence-electron chi connectivity index (χ1n) is 11.0. The zero-order chi connectivity index (χ0) is 25.0. The van der Waals surface area contributed by atoms with Crippen molar-refractivity contribution in [2.75, 3.05) is 37.6 Å². The van der Waals surface area contributed by atoms with Gasteiger partial charge < -0.3 is 9.80 Å². The van der Waals surface area contributed by atoms with Gasteiger partial charge in [-0.2, -0.15) is 4.31 Å². The standard InChI is InChI=1S/C25H24ClF2N3O3S/c26-20-9-11-21(12-10-20)35(33,34)31(17-19-5-1-2-6-22(19)27)18-25(32)30-15-13-29(14-16-30)24-8-4-3-7-23(24)28/h1-12H,13-18H2. The third-order valence-corrected chi connectivity index (χ3v) is 7.95. The first kappa shape index (κ1) is 25.1. The largest absolute Gasteiger partial charge is 0.366 e. The number of para-hydroxylation sites is 1. The van der Waals surface area contributed by atoms with Gasteiger partial charge in [0.05, 0.1) is 17.1 Å². The van der Waals surface area contributed by atoms with Crippen LogP contribution in [0, 0.1) is 11.6 Å². The van der Waals surface area contributed by atoms with E-state index in [1.54, 1.807) is 29.2 Å². The fourth-order valence-corrected chi connectivity index (χ4v) is 5.45. The second-order valence-electron chi connectivity index (χ2n) is 8.14. The number of hydrogen-bond acceptors (Lipinski definition) is 4. The van der Waals surface area contributed by atoms with Crippen LogP contribution in [0.4, 0.5) is 14.5 Å². The number of sulfonamides is 1. The summed E-state index contributed by atoms with van der Waals surface area (Å²) in [5.41, 5.74) is 0.619. The Morgan fingerprint density at radius 1 is 0.857 bits per heavy atom. The third kappa shape index (κ3) is 5.80. The zero-order valence-corrected chi connectivity index (χ0v) is 20.4. The number of benzene rings is 3. The van der Waals surface area contributed by atoms with E-state index < -0.39 is 28.3 Å². The van der Waals surface area contributed by atoms with Crippen LogP contribution in [-0.2, 0) is 21.4 Å². The number of amides is 1. The molecule has 1 fully saturated rings. The van der Waals surface area contributed by atoms with Crippen molar-refractivity contribution in [1.82, 2.24) is 9.21 Å². The lowest BCUT2D eigenvalue weighted by Crippen LogP contribution is -2.52. The summed E-state index contributed by atoms with van der Waals surface area (Å²) in [6.45, 7) is 0.662. The first-order valence-corrected chi connectivity index (χ1v) is 12.8. The van der Waals surface area contributed by atoms with E-state index in [0.717, 1.165) is 4.31 Å². The molecule has 1 aliphatic heterocycles. The van der Waals surface area contributed by atoms with Crippen molar-refractivity contribution in [2.45, 2.75) is 11.4 Å². The molecule has 1 heterocycles. The van der Waals surface area contributed by atoms with E-state index in [9.17, 15) is 22.0 Å². The van der Waals surface area contributed by atoms with Crippen LogP contribution in [0.3, 0.4) is 0 Å². The molecule has 1 aliphatic rings. The Balaban J connectivity index is 1.52. The highest BCUT2D eigenvalue weighted by Crippen LogP contribution is 2.23. The van der Waals surface area contributed by atoms with Gasteiger partial charge in [0, 0.05) is 43.3 Å². The van der Waals surface area contributed by atoms with Crippen LogP contribution < -0.4 is 4.90 Å². The van der Waals surface area contributed by atoms with Crippen molar-refractivity contribution in [2.24, 2.45) is 0 Å². The predicted octanol–water partition coefficient (Wildman–Crippen LogP) is 4.16. The molecule has 0 spiro atoms. The molecule has 0 saturated carbocycles. The normalized spacial score (nSPS) is 14.4. The summed E-state index contributed by atoms with van der Waals surface area (Å²) in [7, 11) is -4.13. The van der Waals surface area contributed by atoms with Gasteiger partial charge in [0.15, 0.2) is 0 Å². The summed E-state index contributed by atoms with van der Waals surface area (Å²) >= 11 is 5.90. The van der Waals surface area contributed by atoms with Crippen molar-refractivity contribution in [3.05, 3.63) is 95.0 Å². The minimum Gasteiger partial charge on any atom is -0.366 e. The van der Waals surface area contributed by atoms with Crippen LogP contribution in [-0.4, -0.2) is 56.3 Å². The van der Waals surface area contributed by atoms with Crippen LogP contribution >= 0.6 is 11.6 Å². The second kappa shape index (κ2) is 10.7. The van der Waals surface area contributed by atoms with Crippen LogP contribution in [0.2, 0.25) is 5.02 Å². The van der Waals surface area contributed by atoms with Gasteiger partial charge in [-0.15, -0.1) is 0 Å². The van der Waals surface area contributed by atoms with Crippen molar-refractivity contribution >= 4 is 33.2 Å². The second-order valence-corrected chi connectivity index (χ2v) is 10.5. The molecule has 0 aromatic heterocycles. The van der Waals surface area contributed by atoms with Crippen molar-refractivity contribution in [3.8, 4) is 0 Å². The zero-order valence-electron chi connectivity index (χ0n) is 18.8. The average molecular weight is 520 g/mol. The molecule has 6 nitrogen and oxygen atoms in total. The third-order valence-electron chi connectivity index (χ3n) is 5.89. The molecule has 0 radical (unpaired) electrons. The van der Waals surface area contributed by atoms with E-state index in [1.807, 2.05) is 4.90 Å². The molecule has 1 saturated heterocycles. The van der Waals surface area contributed by atoms with Crippen molar-refractivity contribution < 1.29 is 22.0 Å². The molecule has 0 atom stereocenters. The maximum absolute atomic E-state index is 14.4. The quantitative estimate of drug-likeness (QED) is 0.470. The molecule has 0 aliphatic carbocycles. The van der Waals surface area contributed by atoms with Crippen LogP contribution in [0.25, 0.3) is 0 Å². The fraction of sp³-hybridized carbons (Fsp3) is 0.240. The van der Waals surface area contributed by atoms with Crippen molar-refractivity contribution in [3.63, 3.8) is 0 Å². The SMILES string of the molecule is O=C(CN(Cc1ccccc1F)S(=O)(=O)c1ccc(Cl)cc1)N1CCN(c2ccccc2F)CC1. The minimum atomic E-state index is -4.13. The van der Waals surface area contributed by atoms with Gasteiger partial charge >= 0.3 is 0 Å². The summed E-state index contributed by atoms with van der Waals surface area (Å²) in [4.78, 5) is 16.5. The number of rotatable bonds is 7. The number of nitrogens with zero attached hydrogens (tertiary/aromatic N) is 3. The highest BCUT2D eigenvalue weighted by atomic mass is 35.5. The Bertz CT molecular complexity index is 1300. The van der Waals surface area contributed by atoms with Crippen molar-refractivity contribution in [1.29, 1.82) is 0 Å². The number of carbonyl (C=O) groups excluding carboxylic acids is 1. The van der Waals surface area contributed by atoms with E-state index in [1.165, 1.54) is 48.5 Å². The van der Waals surface area contributed by atoms with E-state index >= 15 is 0 Å². The lowest BCUT2D eigenvalue weighted by molar-refractivity contribution is -0.131. The van der Waals surface area contributed by atoms with Crippen LogP contribution in [0.1, 0.15) is 5.56 Å². The van der Waals surface area contributed by atoms with Gasteiger partial charge in [0.25, 0.3) is 0 Å². The van der Waals surface area contributed by atoms with E-state index in [4.69, 9.17) is 11.6 Å². The lowest BCUT2D eigenvalue weighted by Gasteiger charge is -2.37.